The van der Waals surface area contributed by atoms with Crippen molar-refractivity contribution in [1.29, 1.82) is 0 Å². The van der Waals surface area contributed by atoms with Crippen molar-refractivity contribution >= 4 is 23.2 Å². The number of hydrogen-bond donors (Lipinski definition) is 1. The van der Waals surface area contributed by atoms with Crippen LogP contribution in [0.3, 0.4) is 0 Å². The zero-order valence-corrected chi connectivity index (χ0v) is 15.1. The largest absolute Gasteiger partial charge is 0.455 e. The molecule has 0 aliphatic heterocycles. The Morgan fingerprint density at radius 1 is 0.885 bits per heavy atom. The average Bonchev–Trinajstić information content (AvgIpc) is 2.66. The molecule has 0 aliphatic rings. The first-order valence-electron chi connectivity index (χ1n) is 8.57. The van der Waals surface area contributed by atoms with E-state index in [9.17, 15) is 4.79 Å². The number of hydrogen-bond acceptors (Lipinski definition) is 2. The molecule has 0 atom stereocenters. The third kappa shape index (κ3) is 5.36. The number of nitrogens with one attached hydrogen (secondary N) is 1. The van der Waals surface area contributed by atoms with E-state index in [0.29, 0.717) is 17.9 Å². The maximum Gasteiger partial charge on any atom is 0.224 e. The van der Waals surface area contributed by atoms with Gasteiger partial charge in [0, 0.05) is 11.4 Å². The zero-order chi connectivity index (χ0) is 18.2. The molecule has 0 aliphatic carbocycles. The molecule has 0 radical (unpaired) electrons. The number of rotatable bonds is 7. The van der Waals surface area contributed by atoms with Gasteiger partial charge in [0.25, 0.3) is 0 Å². The number of para-hydroxylation sites is 3. The Bertz CT molecular complexity index is 848. The van der Waals surface area contributed by atoms with Gasteiger partial charge in [-0.15, -0.1) is 0 Å². The SMILES string of the molecule is O=C(CCCc1ccc(Cl)cc1)Nc1ccccc1Oc1ccccc1. The van der Waals surface area contributed by atoms with Gasteiger partial charge in [-0.3, -0.25) is 4.79 Å². The van der Waals surface area contributed by atoms with E-state index in [1.54, 1.807) is 0 Å². The van der Waals surface area contributed by atoms with Crippen LogP contribution in [0, 0.1) is 0 Å². The van der Waals surface area contributed by atoms with Gasteiger partial charge in [0.1, 0.15) is 5.75 Å². The Balaban J connectivity index is 1.55. The third-order valence-corrected chi connectivity index (χ3v) is 4.17. The van der Waals surface area contributed by atoms with Crippen LogP contribution in [-0.4, -0.2) is 5.91 Å². The lowest BCUT2D eigenvalue weighted by Crippen LogP contribution is -2.12. The molecule has 26 heavy (non-hydrogen) atoms. The molecule has 132 valence electrons. The van der Waals surface area contributed by atoms with Gasteiger partial charge in [0.05, 0.1) is 5.69 Å². The molecular weight excluding hydrogens is 346 g/mol. The monoisotopic (exact) mass is 365 g/mol. The molecule has 3 rings (SSSR count). The highest BCUT2D eigenvalue weighted by molar-refractivity contribution is 6.30. The fourth-order valence-electron chi connectivity index (χ4n) is 2.59. The molecule has 0 saturated heterocycles. The Morgan fingerprint density at radius 3 is 2.35 bits per heavy atom. The van der Waals surface area contributed by atoms with Gasteiger partial charge in [-0.05, 0) is 54.8 Å². The number of carbonyl (C=O) groups excluding carboxylic acids is 1. The van der Waals surface area contributed by atoms with Crippen molar-refractivity contribution in [3.63, 3.8) is 0 Å². The highest BCUT2D eigenvalue weighted by Crippen LogP contribution is 2.29. The summed E-state index contributed by atoms with van der Waals surface area (Å²) in [6.45, 7) is 0. The number of ether oxygens (including phenoxy) is 1. The highest BCUT2D eigenvalue weighted by Gasteiger charge is 2.08. The van der Waals surface area contributed by atoms with Crippen LogP contribution in [0.5, 0.6) is 11.5 Å². The second-order valence-corrected chi connectivity index (χ2v) is 6.38. The lowest BCUT2D eigenvalue weighted by Gasteiger charge is -2.12. The van der Waals surface area contributed by atoms with E-state index in [1.165, 1.54) is 5.56 Å². The van der Waals surface area contributed by atoms with Gasteiger partial charge in [-0.2, -0.15) is 0 Å². The summed E-state index contributed by atoms with van der Waals surface area (Å²) < 4.78 is 5.87. The molecule has 0 unspecified atom stereocenters. The molecule has 1 N–H and O–H groups in total. The first kappa shape index (κ1) is 18.0. The summed E-state index contributed by atoms with van der Waals surface area (Å²) in [5.74, 6) is 1.34. The van der Waals surface area contributed by atoms with Crippen LogP contribution in [0.15, 0.2) is 78.9 Å². The molecule has 0 aromatic heterocycles. The van der Waals surface area contributed by atoms with E-state index in [2.05, 4.69) is 5.32 Å². The molecule has 0 saturated carbocycles. The lowest BCUT2D eigenvalue weighted by atomic mass is 10.1. The van der Waals surface area contributed by atoms with Gasteiger partial charge in [0.15, 0.2) is 5.75 Å². The standard InChI is InChI=1S/C22H20ClNO2/c23-18-15-13-17(14-16-18)7-6-12-22(25)24-20-10-4-5-11-21(20)26-19-8-2-1-3-9-19/h1-5,8-11,13-16H,6-7,12H2,(H,24,25). The lowest BCUT2D eigenvalue weighted by molar-refractivity contribution is -0.116. The molecule has 0 heterocycles. The van der Waals surface area contributed by atoms with E-state index >= 15 is 0 Å². The minimum Gasteiger partial charge on any atom is -0.455 e. The molecule has 4 heteroatoms. The van der Waals surface area contributed by atoms with Gasteiger partial charge in [0.2, 0.25) is 5.91 Å². The number of carbonyl (C=O) groups is 1. The van der Waals surface area contributed by atoms with Crippen LogP contribution in [-0.2, 0) is 11.2 Å². The van der Waals surface area contributed by atoms with Crippen LogP contribution >= 0.6 is 11.6 Å². The first-order valence-corrected chi connectivity index (χ1v) is 8.95. The fourth-order valence-corrected chi connectivity index (χ4v) is 2.72. The second-order valence-electron chi connectivity index (χ2n) is 5.94. The summed E-state index contributed by atoms with van der Waals surface area (Å²) in [4.78, 5) is 12.3. The second kappa shape index (κ2) is 9.07. The average molecular weight is 366 g/mol. The molecule has 1 amide bonds. The molecule has 0 bridgehead atoms. The van der Waals surface area contributed by atoms with Crippen molar-refractivity contribution in [2.24, 2.45) is 0 Å². The number of benzene rings is 3. The quantitative estimate of drug-likeness (QED) is 0.549. The van der Waals surface area contributed by atoms with Crippen LogP contribution in [0.2, 0.25) is 5.02 Å². The van der Waals surface area contributed by atoms with Crippen molar-refractivity contribution in [2.45, 2.75) is 19.3 Å². The van der Waals surface area contributed by atoms with Crippen LogP contribution in [0.1, 0.15) is 18.4 Å². The summed E-state index contributed by atoms with van der Waals surface area (Å²) in [7, 11) is 0. The highest BCUT2D eigenvalue weighted by atomic mass is 35.5. The van der Waals surface area contributed by atoms with Crippen LogP contribution in [0.4, 0.5) is 5.69 Å². The fraction of sp³-hybridized carbons (Fsp3) is 0.136. The number of amides is 1. The van der Waals surface area contributed by atoms with Gasteiger partial charge < -0.3 is 10.1 Å². The van der Waals surface area contributed by atoms with E-state index in [1.807, 2.05) is 78.9 Å². The van der Waals surface area contributed by atoms with E-state index in [-0.39, 0.29) is 5.91 Å². The van der Waals surface area contributed by atoms with Gasteiger partial charge in [-0.1, -0.05) is 54.1 Å². The maximum absolute atomic E-state index is 12.3. The van der Waals surface area contributed by atoms with Crippen LogP contribution < -0.4 is 10.1 Å². The molecule has 3 nitrogen and oxygen atoms in total. The van der Waals surface area contributed by atoms with Gasteiger partial charge in [-0.25, -0.2) is 0 Å². The normalized spacial score (nSPS) is 10.3. The van der Waals surface area contributed by atoms with Crippen LogP contribution in [0.25, 0.3) is 0 Å². The Morgan fingerprint density at radius 2 is 1.58 bits per heavy atom. The molecule has 3 aromatic carbocycles. The predicted molar refractivity (Wildman–Crippen MR) is 106 cm³/mol. The summed E-state index contributed by atoms with van der Waals surface area (Å²) in [5.41, 5.74) is 1.85. The zero-order valence-electron chi connectivity index (χ0n) is 14.3. The smallest absolute Gasteiger partial charge is 0.224 e. The number of anilines is 1. The number of halogens is 1. The van der Waals surface area contributed by atoms with Crippen molar-refractivity contribution in [3.05, 3.63) is 89.4 Å². The van der Waals surface area contributed by atoms with Crippen molar-refractivity contribution < 1.29 is 9.53 Å². The minimum absolute atomic E-state index is 0.0249. The topological polar surface area (TPSA) is 38.3 Å². The minimum atomic E-state index is -0.0249. The third-order valence-electron chi connectivity index (χ3n) is 3.91. The summed E-state index contributed by atoms with van der Waals surface area (Å²) in [5, 5.41) is 3.66. The Hall–Kier alpha value is -2.78. The predicted octanol–water partition coefficient (Wildman–Crippen LogP) is 6.09. The molecular formula is C22H20ClNO2. The van der Waals surface area contributed by atoms with Crippen molar-refractivity contribution in [2.75, 3.05) is 5.32 Å². The van der Waals surface area contributed by atoms with E-state index in [0.717, 1.165) is 23.6 Å². The molecule has 0 spiro atoms. The summed E-state index contributed by atoms with van der Waals surface area (Å²) >= 11 is 5.88. The Kier molecular flexibility index (Phi) is 6.29. The molecule has 3 aromatic rings. The van der Waals surface area contributed by atoms with Crippen molar-refractivity contribution in [1.82, 2.24) is 0 Å². The van der Waals surface area contributed by atoms with Crippen molar-refractivity contribution in [3.8, 4) is 11.5 Å². The van der Waals surface area contributed by atoms with Gasteiger partial charge >= 0.3 is 0 Å². The van der Waals surface area contributed by atoms with E-state index in [4.69, 9.17) is 16.3 Å². The maximum atomic E-state index is 12.3. The first-order chi connectivity index (χ1) is 12.7. The van der Waals surface area contributed by atoms with E-state index < -0.39 is 0 Å². The summed E-state index contributed by atoms with van der Waals surface area (Å²) in [6.07, 6.45) is 2.06. The Labute approximate surface area is 158 Å². The summed E-state index contributed by atoms with van der Waals surface area (Å²) in [6, 6.07) is 24.7. The molecule has 0 fully saturated rings. The number of aryl methyl sites for hydroxylation is 1.